The van der Waals surface area contributed by atoms with Crippen LogP contribution in [0, 0.1) is 0 Å². The number of aromatic nitrogens is 4. The van der Waals surface area contributed by atoms with Crippen LogP contribution in [0.3, 0.4) is 0 Å². The molecule has 0 atom stereocenters. The lowest BCUT2D eigenvalue weighted by molar-refractivity contribution is 0.795. The molecule has 0 amide bonds. The summed E-state index contributed by atoms with van der Waals surface area (Å²) in [7, 11) is 5.20. The Balaban J connectivity index is 2.10. The topological polar surface area (TPSA) is 61.8 Å². The molecular weight excluding hydrogens is 340 g/mol. The monoisotopic (exact) mass is 354 g/mol. The molecule has 3 heterocycles. The van der Waals surface area contributed by atoms with E-state index in [1.165, 1.54) is 4.57 Å². The fraction of sp³-hybridized carbons (Fsp3) is 0.167. The number of aryl methyl sites for hydroxylation is 3. The van der Waals surface area contributed by atoms with Gasteiger partial charge >= 0.3 is 5.69 Å². The molecule has 0 fully saturated rings. The molecule has 0 radical (unpaired) electrons. The normalized spacial score (nSPS) is 11.5. The van der Waals surface area contributed by atoms with Crippen molar-refractivity contribution in [3.63, 3.8) is 0 Å². The average molecular weight is 355 g/mol. The first-order valence-electron chi connectivity index (χ1n) is 7.69. The summed E-state index contributed by atoms with van der Waals surface area (Å²) in [5.41, 5.74) is 3.24. The molecule has 0 saturated heterocycles. The van der Waals surface area contributed by atoms with Crippen LogP contribution in [0.15, 0.2) is 46.2 Å². The Kier molecular flexibility index (Phi) is 3.33. The van der Waals surface area contributed by atoms with Gasteiger partial charge in [-0.15, -0.1) is 0 Å². The third kappa shape index (κ3) is 2.21. The predicted octanol–water partition coefficient (Wildman–Crippen LogP) is 2.44. The second-order valence-corrected chi connectivity index (χ2v) is 6.50. The second kappa shape index (κ2) is 5.32. The van der Waals surface area contributed by atoms with Gasteiger partial charge in [0, 0.05) is 44.5 Å². The lowest BCUT2D eigenvalue weighted by Gasteiger charge is -2.10. The summed E-state index contributed by atoms with van der Waals surface area (Å²) in [6.45, 7) is 0. The van der Waals surface area contributed by atoms with Crippen LogP contribution in [-0.2, 0) is 21.1 Å². The van der Waals surface area contributed by atoms with Crippen LogP contribution in [0.25, 0.3) is 32.9 Å². The largest absolute Gasteiger partial charge is 0.328 e. The van der Waals surface area contributed by atoms with Crippen molar-refractivity contribution >= 4 is 33.4 Å². The maximum absolute atomic E-state index is 12.4. The second-order valence-electron chi connectivity index (χ2n) is 6.12. The van der Waals surface area contributed by atoms with Gasteiger partial charge in [-0.2, -0.15) is 0 Å². The zero-order valence-electron chi connectivity index (χ0n) is 13.9. The SMILES string of the molecule is Cn1cc(-c2ccc3c(c2)n(C)c(=O)n3C)c2cnc(Cl)cc2c1=O. The van der Waals surface area contributed by atoms with Gasteiger partial charge in [-0.05, 0) is 23.8 Å². The first kappa shape index (κ1) is 15.7. The van der Waals surface area contributed by atoms with E-state index in [2.05, 4.69) is 4.98 Å². The Morgan fingerprint density at radius 3 is 2.44 bits per heavy atom. The molecule has 0 unspecified atom stereocenters. The number of halogens is 1. The number of rotatable bonds is 1. The first-order valence-corrected chi connectivity index (χ1v) is 8.07. The Bertz CT molecular complexity index is 1280. The number of pyridine rings is 2. The molecule has 3 aromatic heterocycles. The molecule has 0 aliphatic heterocycles. The molecule has 0 spiro atoms. The quantitative estimate of drug-likeness (QED) is 0.493. The maximum Gasteiger partial charge on any atom is 0.328 e. The molecule has 7 heteroatoms. The van der Waals surface area contributed by atoms with Crippen molar-refractivity contribution < 1.29 is 0 Å². The van der Waals surface area contributed by atoms with E-state index in [9.17, 15) is 9.59 Å². The van der Waals surface area contributed by atoms with Gasteiger partial charge in [0.05, 0.1) is 16.4 Å². The molecule has 0 aliphatic carbocycles. The molecule has 4 aromatic rings. The summed E-state index contributed by atoms with van der Waals surface area (Å²) in [5, 5.41) is 1.53. The van der Waals surface area contributed by atoms with Crippen LogP contribution in [-0.4, -0.2) is 18.7 Å². The highest BCUT2D eigenvalue weighted by Gasteiger charge is 2.13. The number of nitrogens with zero attached hydrogens (tertiary/aromatic N) is 4. The summed E-state index contributed by atoms with van der Waals surface area (Å²) in [6, 6.07) is 7.38. The number of imidazole rings is 1. The lowest BCUT2D eigenvalue weighted by atomic mass is 10.0. The van der Waals surface area contributed by atoms with Crippen molar-refractivity contribution in [2.24, 2.45) is 21.1 Å². The Morgan fingerprint density at radius 1 is 0.960 bits per heavy atom. The molecule has 0 bridgehead atoms. The summed E-state index contributed by atoms with van der Waals surface area (Å²) >= 11 is 5.96. The summed E-state index contributed by atoms with van der Waals surface area (Å²) in [5.74, 6) is 0. The summed E-state index contributed by atoms with van der Waals surface area (Å²) < 4.78 is 4.75. The van der Waals surface area contributed by atoms with Gasteiger partial charge < -0.3 is 4.57 Å². The molecule has 25 heavy (non-hydrogen) atoms. The Morgan fingerprint density at radius 2 is 1.68 bits per heavy atom. The van der Waals surface area contributed by atoms with Gasteiger partial charge in [0.1, 0.15) is 5.15 Å². The van der Waals surface area contributed by atoms with Gasteiger partial charge in [0.25, 0.3) is 5.56 Å². The van der Waals surface area contributed by atoms with Crippen molar-refractivity contribution in [2.75, 3.05) is 0 Å². The van der Waals surface area contributed by atoms with Gasteiger partial charge in [0.15, 0.2) is 0 Å². The van der Waals surface area contributed by atoms with Crippen molar-refractivity contribution in [1.82, 2.24) is 18.7 Å². The first-order chi connectivity index (χ1) is 11.9. The van der Waals surface area contributed by atoms with E-state index in [4.69, 9.17) is 11.6 Å². The third-order valence-corrected chi connectivity index (χ3v) is 4.82. The van der Waals surface area contributed by atoms with Crippen molar-refractivity contribution in [2.45, 2.75) is 0 Å². The smallest absolute Gasteiger partial charge is 0.317 e. The lowest BCUT2D eigenvalue weighted by Crippen LogP contribution is -2.19. The van der Waals surface area contributed by atoms with Crippen LogP contribution in [0.5, 0.6) is 0 Å². The Labute approximate surface area is 147 Å². The average Bonchev–Trinajstić information content (AvgIpc) is 2.82. The zero-order valence-corrected chi connectivity index (χ0v) is 14.7. The van der Waals surface area contributed by atoms with Crippen molar-refractivity contribution in [3.8, 4) is 11.1 Å². The third-order valence-electron chi connectivity index (χ3n) is 4.62. The van der Waals surface area contributed by atoms with E-state index < -0.39 is 0 Å². The highest BCUT2D eigenvalue weighted by Crippen LogP contribution is 2.29. The predicted molar refractivity (Wildman–Crippen MR) is 99.1 cm³/mol. The van der Waals surface area contributed by atoms with Crippen LogP contribution in [0.1, 0.15) is 0 Å². The van der Waals surface area contributed by atoms with Gasteiger partial charge in [0.2, 0.25) is 0 Å². The molecule has 6 nitrogen and oxygen atoms in total. The minimum Gasteiger partial charge on any atom is -0.317 e. The molecule has 0 N–H and O–H groups in total. The van der Waals surface area contributed by atoms with Crippen LogP contribution >= 0.6 is 11.6 Å². The minimum atomic E-state index is -0.128. The highest BCUT2D eigenvalue weighted by molar-refractivity contribution is 6.30. The molecule has 126 valence electrons. The van der Waals surface area contributed by atoms with Crippen LogP contribution in [0.4, 0.5) is 0 Å². The Hall–Kier alpha value is -2.86. The molecule has 0 aliphatic rings. The number of hydrogen-bond donors (Lipinski definition) is 0. The molecule has 0 saturated carbocycles. The summed E-state index contributed by atoms with van der Waals surface area (Å²) in [4.78, 5) is 28.7. The van der Waals surface area contributed by atoms with E-state index in [0.29, 0.717) is 5.39 Å². The zero-order chi connectivity index (χ0) is 17.9. The maximum atomic E-state index is 12.4. The van der Waals surface area contributed by atoms with Crippen LogP contribution in [0.2, 0.25) is 5.15 Å². The minimum absolute atomic E-state index is 0.0779. The standard InChI is InChI=1S/C18H15ClN4O2/c1-21-9-13(12-8-20-16(19)7-11(12)17(21)24)10-4-5-14-15(6-10)23(3)18(25)22(14)2/h4-9H,1-3H3. The van der Waals surface area contributed by atoms with E-state index in [0.717, 1.165) is 27.5 Å². The van der Waals surface area contributed by atoms with Gasteiger partial charge in [-0.3, -0.25) is 13.9 Å². The molecule has 1 aromatic carbocycles. The van der Waals surface area contributed by atoms with Crippen LogP contribution < -0.4 is 11.2 Å². The number of hydrogen-bond acceptors (Lipinski definition) is 3. The fourth-order valence-corrected chi connectivity index (χ4v) is 3.40. The van der Waals surface area contributed by atoms with Crippen molar-refractivity contribution in [1.29, 1.82) is 0 Å². The van der Waals surface area contributed by atoms with E-state index >= 15 is 0 Å². The molecular formula is C18H15ClN4O2. The van der Waals surface area contributed by atoms with E-state index in [1.54, 1.807) is 48.7 Å². The van der Waals surface area contributed by atoms with Crippen molar-refractivity contribution in [3.05, 3.63) is 62.7 Å². The van der Waals surface area contributed by atoms with E-state index in [-0.39, 0.29) is 16.4 Å². The highest BCUT2D eigenvalue weighted by atomic mass is 35.5. The van der Waals surface area contributed by atoms with Gasteiger partial charge in [-0.1, -0.05) is 17.7 Å². The van der Waals surface area contributed by atoms with Gasteiger partial charge in [-0.25, -0.2) is 9.78 Å². The van der Waals surface area contributed by atoms with E-state index in [1.807, 2.05) is 18.2 Å². The fourth-order valence-electron chi connectivity index (χ4n) is 3.24. The number of benzene rings is 1. The molecule has 4 rings (SSSR count). The summed E-state index contributed by atoms with van der Waals surface area (Å²) in [6.07, 6.45) is 3.39. The number of fused-ring (bicyclic) bond motifs is 2.